The van der Waals surface area contributed by atoms with Gasteiger partial charge in [-0.3, -0.25) is 4.79 Å². The third kappa shape index (κ3) is 1.48. The van der Waals surface area contributed by atoms with Gasteiger partial charge in [-0.25, -0.2) is 9.97 Å². The first-order chi connectivity index (χ1) is 8.59. The number of hydrogen-bond donors (Lipinski definition) is 3. The van der Waals surface area contributed by atoms with E-state index in [1.54, 1.807) is 4.57 Å². The molecule has 2 aromatic heterocycles. The fourth-order valence-corrected chi connectivity index (χ4v) is 2.61. The van der Waals surface area contributed by atoms with Gasteiger partial charge in [-0.1, -0.05) is 6.92 Å². The summed E-state index contributed by atoms with van der Waals surface area (Å²) in [6.45, 7) is 1.88. The monoisotopic (exact) mass is 250 g/mol. The topological polar surface area (TPSA) is 104 Å². The van der Waals surface area contributed by atoms with Crippen LogP contribution in [0, 0.1) is 5.92 Å². The molecule has 4 unspecified atom stereocenters. The number of aromatic nitrogens is 4. The molecule has 96 valence electrons. The van der Waals surface area contributed by atoms with Crippen molar-refractivity contribution in [3.63, 3.8) is 0 Å². The molecule has 3 rings (SSSR count). The minimum atomic E-state index is -0.863. The van der Waals surface area contributed by atoms with Crippen molar-refractivity contribution in [2.75, 3.05) is 0 Å². The van der Waals surface area contributed by atoms with E-state index in [0.29, 0.717) is 12.1 Å². The molecule has 1 saturated carbocycles. The Balaban J connectivity index is 2.11. The number of aromatic amines is 1. The number of aliphatic hydroxyl groups is 2. The molecule has 0 bridgehead atoms. The smallest absolute Gasteiger partial charge is 0.278 e. The number of nitrogens with zero attached hydrogens (tertiary/aromatic N) is 3. The first-order valence-electron chi connectivity index (χ1n) is 5.86. The Morgan fingerprint density at radius 3 is 2.83 bits per heavy atom. The van der Waals surface area contributed by atoms with Crippen molar-refractivity contribution in [2.24, 2.45) is 5.92 Å². The van der Waals surface area contributed by atoms with Crippen LogP contribution in [-0.2, 0) is 0 Å². The summed E-state index contributed by atoms with van der Waals surface area (Å²) in [6.07, 6.45) is 1.81. The maximum atomic E-state index is 11.5. The molecule has 0 spiro atoms. The lowest BCUT2D eigenvalue weighted by molar-refractivity contribution is 0.00964. The fraction of sp³-hybridized carbons (Fsp3) is 0.545. The average molecular weight is 250 g/mol. The summed E-state index contributed by atoms with van der Waals surface area (Å²) in [6, 6.07) is -0.297. The zero-order valence-corrected chi connectivity index (χ0v) is 9.82. The summed E-state index contributed by atoms with van der Waals surface area (Å²) >= 11 is 0. The van der Waals surface area contributed by atoms with Crippen molar-refractivity contribution in [3.05, 3.63) is 23.0 Å². The Labute approximate surface area is 102 Å². The molecular weight excluding hydrogens is 236 g/mol. The van der Waals surface area contributed by atoms with E-state index < -0.39 is 12.2 Å². The summed E-state index contributed by atoms with van der Waals surface area (Å²) in [5, 5.41) is 19.8. The summed E-state index contributed by atoms with van der Waals surface area (Å²) in [7, 11) is 0. The van der Waals surface area contributed by atoms with Crippen molar-refractivity contribution in [3.8, 4) is 0 Å². The predicted octanol–water partition coefficient (Wildman–Crippen LogP) is -0.578. The fourth-order valence-electron chi connectivity index (χ4n) is 2.61. The van der Waals surface area contributed by atoms with Gasteiger partial charge in [0, 0.05) is 0 Å². The Hall–Kier alpha value is -1.73. The van der Waals surface area contributed by atoms with E-state index in [9.17, 15) is 15.0 Å². The Bertz CT molecular complexity index is 634. The van der Waals surface area contributed by atoms with E-state index in [1.807, 2.05) is 6.92 Å². The second kappa shape index (κ2) is 3.89. The second-order valence-electron chi connectivity index (χ2n) is 4.82. The summed E-state index contributed by atoms with van der Waals surface area (Å²) in [5.74, 6) is 0.00412. The molecule has 2 aromatic rings. The van der Waals surface area contributed by atoms with Crippen molar-refractivity contribution in [1.29, 1.82) is 0 Å². The van der Waals surface area contributed by atoms with Gasteiger partial charge < -0.3 is 19.8 Å². The van der Waals surface area contributed by atoms with Crippen LogP contribution >= 0.6 is 0 Å². The van der Waals surface area contributed by atoms with E-state index in [1.165, 1.54) is 12.7 Å². The number of rotatable bonds is 1. The van der Waals surface area contributed by atoms with E-state index in [0.717, 1.165) is 0 Å². The summed E-state index contributed by atoms with van der Waals surface area (Å²) < 4.78 is 1.67. The molecule has 0 aliphatic heterocycles. The van der Waals surface area contributed by atoms with Crippen LogP contribution in [0.3, 0.4) is 0 Å². The van der Waals surface area contributed by atoms with Crippen LogP contribution in [0.2, 0.25) is 0 Å². The molecule has 0 saturated heterocycles. The van der Waals surface area contributed by atoms with Gasteiger partial charge in [0.2, 0.25) is 0 Å². The molecule has 1 aliphatic rings. The number of imidazole rings is 1. The van der Waals surface area contributed by atoms with Crippen LogP contribution in [0.4, 0.5) is 0 Å². The van der Waals surface area contributed by atoms with Gasteiger partial charge in [0.05, 0.1) is 24.8 Å². The highest BCUT2D eigenvalue weighted by atomic mass is 16.3. The highest BCUT2D eigenvalue weighted by molar-refractivity contribution is 5.69. The van der Waals surface area contributed by atoms with Gasteiger partial charge in [-0.05, 0) is 12.3 Å². The Morgan fingerprint density at radius 1 is 1.39 bits per heavy atom. The molecule has 0 amide bonds. The van der Waals surface area contributed by atoms with Gasteiger partial charge in [0.15, 0.2) is 11.2 Å². The molecule has 18 heavy (non-hydrogen) atoms. The normalized spacial score (nSPS) is 32.2. The van der Waals surface area contributed by atoms with Gasteiger partial charge >= 0.3 is 0 Å². The van der Waals surface area contributed by atoms with Gasteiger partial charge in [-0.15, -0.1) is 0 Å². The highest BCUT2D eigenvalue weighted by Crippen LogP contribution is 2.35. The standard InChI is InChI=1S/C11H14N4O3/c1-5-2-6(9(17)8(5)16)15-4-14-7-10(15)12-3-13-11(7)18/h3-6,8-9,16-17H,2H2,1H3,(H,12,13,18). The van der Waals surface area contributed by atoms with Crippen molar-refractivity contribution in [2.45, 2.75) is 31.6 Å². The molecule has 7 nitrogen and oxygen atoms in total. The number of hydrogen-bond acceptors (Lipinski definition) is 5. The predicted molar refractivity (Wildman–Crippen MR) is 63.0 cm³/mol. The summed E-state index contributed by atoms with van der Waals surface area (Å²) in [5.41, 5.74) is 0.377. The minimum Gasteiger partial charge on any atom is -0.390 e. The van der Waals surface area contributed by atoms with Crippen molar-refractivity contribution in [1.82, 2.24) is 19.5 Å². The average Bonchev–Trinajstić information content (AvgIpc) is 2.88. The third-order valence-corrected chi connectivity index (χ3v) is 3.66. The first kappa shape index (κ1) is 11.4. The molecule has 1 aliphatic carbocycles. The Morgan fingerprint density at radius 2 is 2.17 bits per heavy atom. The summed E-state index contributed by atoms with van der Waals surface area (Å²) in [4.78, 5) is 22.1. The van der Waals surface area contributed by atoms with Gasteiger partial charge in [-0.2, -0.15) is 0 Å². The van der Waals surface area contributed by atoms with E-state index >= 15 is 0 Å². The van der Waals surface area contributed by atoms with Crippen LogP contribution in [0.15, 0.2) is 17.4 Å². The van der Waals surface area contributed by atoms with E-state index in [4.69, 9.17) is 0 Å². The maximum Gasteiger partial charge on any atom is 0.278 e. The Kier molecular flexibility index (Phi) is 2.46. The minimum absolute atomic E-state index is 0.00412. The van der Waals surface area contributed by atoms with E-state index in [2.05, 4.69) is 15.0 Å². The SMILES string of the molecule is CC1CC(n2cnc3c(=O)[nH]cnc32)C(O)C1O. The molecule has 1 fully saturated rings. The maximum absolute atomic E-state index is 11.5. The number of nitrogens with one attached hydrogen (secondary N) is 1. The lowest BCUT2D eigenvalue weighted by atomic mass is 10.1. The quantitative estimate of drug-likeness (QED) is 0.628. The van der Waals surface area contributed by atoms with Crippen LogP contribution < -0.4 is 5.56 Å². The van der Waals surface area contributed by atoms with Crippen LogP contribution in [-0.4, -0.2) is 41.9 Å². The second-order valence-corrected chi connectivity index (χ2v) is 4.82. The first-order valence-corrected chi connectivity index (χ1v) is 5.86. The molecule has 0 aromatic carbocycles. The van der Waals surface area contributed by atoms with Crippen molar-refractivity contribution < 1.29 is 10.2 Å². The van der Waals surface area contributed by atoms with Crippen molar-refractivity contribution >= 4 is 11.2 Å². The third-order valence-electron chi connectivity index (χ3n) is 3.66. The molecule has 0 radical (unpaired) electrons. The van der Waals surface area contributed by atoms with Crippen LogP contribution in [0.5, 0.6) is 0 Å². The van der Waals surface area contributed by atoms with Crippen LogP contribution in [0.25, 0.3) is 11.2 Å². The number of H-pyrrole nitrogens is 1. The molecule has 4 atom stereocenters. The number of aliphatic hydroxyl groups excluding tert-OH is 2. The van der Waals surface area contributed by atoms with Gasteiger partial charge in [0.1, 0.15) is 6.10 Å². The van der Waals surface area contributed by atoms with Crippen LogP contribution in [0.1, 0.15) is 19.4 Å². The highest BCUT2D eigenvalue weighted by Gasteiger charge is 2.40. The lowest BCUT2D eigenvalue weighted by Crippen LogP contribution is -2.28. The lowest BCUT2D eigenvalue weighted by Gasteiger charge is -2.17. The molecule has 2 heterocycles. The zero-order chi connectivity index (χ0) is 12.9. The zero-order valence-electron chi connectivity index (χ0n) is 9.82. The van der Waals surface area contributed by atoms with Gasteiger partial charge in [0.25, 0.3) is 5.56 Å². The number of fused-ring (bicyclic) bond motifs is 1. The molecule has 3 N–H and O–H groups in total. The molecule has 7 heteroatoms. The molecular formula is C11H14N4O3. The van der Waals surface area contributed by atoms with E-state index in [-0.39, 0.29) is 23.0 Å². The largest absolute Gasteiger partial charge is 0.390 e.